The van der Waals surface area contributed by atoms with Gasteiger partial charge in [0, 0.05) is 18.3 Å². The number of carbonyl (C=O) groups excluding carboxylic acids is 3. The van der Waals surface area contributed by atoms with Crippen LogP contribution >= 0.6 is 0 Å². The zero-order valence-electron chi connectivity index (χ0n) is 21.7. The van der Waals surface area contributed by atoms with Crippen LogP contribution in [-0.2, 0) is 32.0 Å². The summed E-state index contributed by atoms with van der Waals surface area (Å²) in [7, 11) is 0. The molecule has 0 aliphatic heterocycles. The van der Waals surface area contributed by atoms with Crippen molar-refractivity contribution in [3.8, 4) is 0 Å². The Labute approximate surface area is 217 Å². The third-order valence-electron chi connectivity index (χ3n) is 5.82. The van der Waals surface area contributed by atoms with Crippen LogP contribution < -0.4 is 21.7 Å². The molecule has 4 unspecified atom stereocenters. The van der Waals surface area contributed by atoms with E-state index in [0.29, 0.717) is 18.5 Å². The lowest BCUT2D eigenvalue weighted by Gasteiger charge is -2.26. The molecule has 1 aromatic carbocycles. The molecule has 0 aliphatic rings. The molecule has 0 bridgehead atoms. The molecule has 2 aromatic rings. The summed E-state index contributed by atoms with van der Waals surface area (Å²) >= 11 is 0. The van der Waals surface area contributed by atoms with Crippen molar-refractivity contribution in [1.82, 2.24) is 25.9 Å². The molecule has 0 fully saturated rings. The molecule has 0 aliphatic carbocycles. The van der Waals surface area contributed by atoms with E-state index >= 15 is 0 Å². The highest BCUT2D eigenvalue weighted by molar-refractivity contribution is 5.94. The maximum absolute atomic E-state index is 13.3. The van der Waals surface area contributed by atoms with Gasteiger partial charge in [-0.05, 0) is 30.2 Å². The number of aliphatic carboxylic acids is 1. The first-order valence-corrected chi connectivity index (χ1v) is 12.4. The van der Waals surface area contributed by atoms with Gasteiger partial charge in [-0.2, -0.15) is 0 Å². The number of rotatable bonds is 14. The van der Waals surface area contributed by atoms with Crippen molar-refractivity contribution >= 4 is 23.7 Å². The van der Waals surface area contributed by atoms with Crippen LogP contribution in [0.1, 0.15) is 45.4 Å². The Balaban J connectivity index is 2.16. The van der Waals surface area contributed by atoms with E-state index in [-0.39, 0.29) is 18.3 Å². The minimum Gasteiger partial charge on any atom is -0.480 e. The van der Waals surface area contributed by atoms with Gasteiger partial charge >= 0.3 is 5.97 Å². The van der Waals surface area contributed by atoms with Crippen molar-refractivity contribution in [2.24, 2.45) is 17.6 Å². The highest BCUT2D eigenvalue weighted by Gasteiger charge is 2.32. The molecule has 11 nitrogen and oxygen atoms in total. The number of nitrogens with one attached hydrogen (secondary N) is 4. The second kappa shape index (κ2) is 14.1. The zero-order chi connectivity index (χ0) is 27.5. The Morgan fingerprint density at radius 1 is 0.919 bits per heavy atom. The topological polar surface area (TPSA) is 179 Å². The fourth-order valence-corrected chi connectivity index (χ4v) is 3.81. The number of nitrogens with two attached hydrogens (primary N) is 1. The summed E-state index contributed by atoms with van der Waals surface area (Å²) in [5, 5.41) is 17.4. The maximum atomic E-state index is 13.3. The van der Waals surface area contributed by atoms with Gasteiger partial charge in [-0.15, -0.1) is 0 Å². The number of imidazole rings is 1. The van der Waals surface area contributed by atoms with E-state index in [1.54, 1.807) is 13.8 Å². The molecule has 4 atom stereocenters. The van der Waals surface area contributed by atoms with Gasteiger partial charge in [-0.1, -0.05) is 58.0 Å². The molecule has 11 heteroatoms. The van der Waals surface area contributed by atoms with E-state index in [9.17, 15) is 24.3 Å². The molecule has 202 valence electrons. The summed E-state index contributed by atoms with van der Waals surface area (Å²) in [6.45, 7) is 7.17. The maximum Gasteiger partial charge on any atom is 0.326 e. The largest absolute Gasteiger partial charge is 0.480 e. The Morgan fingerprint density at radius 2 is 1.54 bits per heavy atom. The lowest BCUT2D eigenvalue weighted by atomic mass is 10.00. The van der Waals surface area contributed by atoms with Crippen molar-refractivity contribution in [2.75, 3.05) is 0 Å². The van der Waals surface area contributed by atoms with Crippen LogP contribution in [0.4, 0.5) is 0 Å². The van der Waals surface area contributed by atoms with Crippen LogP contribution in [0, 0.1) is 11.8 Å². The fraction of sp³-hybridized carbons (Fsp3) is 0.500. The van der Waals surface area contributed by atoms with E-state index in [1.165, 1.54) is 12.5 Å². The number of carboxylic acid groups (broad SMARTS) is 1. The number of aromatic nitrogens is 2. The summed E-state index contributed by atoms with van der Waals surface area (Å²) in [4.78, 5) is 57.6. The number of carboxylic acids is 1. The van der Waals surface area contributed by atoms with Gasteiger partial charge in [0.25, 0.3) is 0 Å². The Morgan fingerprint density at radius 3 is 2.08 bits per heavy atom. The molecular weight excluding hydrogens is 476 g/mol. The van der Waals surface area contributed by atoms with Crippen molar-refractivity contribution < 1.29 is 24.3 Å². The van der Waals surface area contributed by atoms with Crippen molar-refractivity contribution in [1.29, 1.82) is 0 Å². The number of aromatic amines is 1. The summed E-state index contributed by atoms with van der Waals surface area (Å²) in [5.41, 5.74) is 7.57. The zero-order valence-corrected chi connectivity index (χ0v) is 21.7. The standard InChI is InChI=1S/C26H38N6O5/c1-15(2)10-20(30-23(33)19(27)11-17-8-6-5-7-9-17)24(34)31-21(12-18-13-28-14-29-18)25(35)32-22(16(3)4)26(36)37/h5-9,13-16,19-22H,10-12,27H2,1-4H3,(H,28,29)(H,30,33)(H,31,34)(H,32,35)(H,36,37). The minimum atomic E-state index is -1.17. The average molecular weight is 515 g/mol. The van der Waals surface area contributed by atoms with Crippen LogP contribution in [0.25, 0.3) is 0 Å². The molecule has 37 heavy (non-hydrogen) atoms. The first kappa shape index (κ1) is 29.5. The van der Waals surface area contributed by atoms with Gasteiger partial charge in [0.05, 0.1) is 12.4 Å². The van der Waals surface area contributed by atoms with E-state index < -0.39 is 47.9 Å². The second-order valence-corrected chi connectivity index (χ2v) is 9.90. The average Bonchev–Trinajstić information content (AvgIpc) is 3.34. The van der Waals surface area contributed by atoms with Crippen LogP contribution in [-0.4, -0.2) is 62.9 Å². The number of hydrogen-bond acceptors (Lipinski definition) is 6. The molecule has 7 N–H and O–H groups in total. The molecule has 0 saturated heterocycles. The lowest BCUT2D eigenvalue weighted by molar-refractivity contribution is -0.143. The second-order valence-electron chi connectivity index (χ2n) is 9.90. The smallest absolute Gasteiger partial charge is 0.326 e. The molecular formula is C26H38N6O5. The summed E-state index contributed by atoms with van der Waals surface area (Å²) < 4.78 is 0. The minimum absolute atomic E-state index is 0.0534. The van der Waals surface area contributed by atoms with Crippen LogP contribution in [0.5, 0.6) is 0 Å². The van der Waals surface area contributed by atoms with Crippen LogP contribution in [0.15, 0.2) is 42.9 Å². The van der Waals surface area contributed by atoms with E-state index in [4.69, 9.17) is 5.73 Å². The third kappa shape index (κ3) is 9.68. The van der Waals surface area contributed by atoms with E-state index in [2.05, 4.69) is 25.9 Å². The Bertz CT molecular complexity index is 1030. The number of hydrogen-bond donors (Lipinski definition) is 6. The molecule has 0 spiro atoms. The number of carbonyl (C=O) groups is 4. The molecule has 1 aromatic heterocycles. The van der Waals surface area contributed by atoms with Crippen molar-refractivity contribution in [3.63, 3.8) is 0 Å². The monoisotopic (exact) mass is 514 g/mol. The van der Waals surface area contributed by atoms with Gasteiger partial charge < -0.3 is 31.8 Å². The van der Waals surface area contributed by atoms with Crippen molar-refractivity contribution in [3.05, 3.63) is 54.1 Å². The molecule has 2 rings (SSSR count). The number of nitrogens with zero attached hydrogens (tertiary/aromatic N) is 1. The van der Waals surface area contributed by atoms with Gasteiger partial charge in [-0.25, -0.2) is 9.78 Å². The quantitative estimate of drug-likeness (QED) is 0.215. The number of amides is 3. The summed E-state index contributed by atoms with van der Waals surface area (Å²) in [5.74, 6) is -3.19. The highest BCUT2D eigenvalue weighted by atomic mass is 16.4. The van der Waals surface area contributed by atoms with E-state index in [0.717, 1.165) is 5.56 Å². The fourth-order valence-electron chi connectivity index (χ4n) is 3.81. The Hall–Kier alpha value is -3.73. The van der Waals surface area contributed by atoms with E-state index in [1.807, 2.05) is 44.2 Å². The lowest BCUT2D eigenvalue weighted by Crippen LogP contribution is -2.58. The normalized spacial score (nSPS) is 14.5. The number of H-pyrrole nitrogens is 1. The summed E-state index contributed by atoms with van der Waals surface area (Å²) in [6.07, 6.45) is 3.63. The number of benzene rings is 1. The van der Waals surface area contributed by atoms with Crippen molar-refractivity contribution in [2.45, 2.75) is 71.1 Å². The Kier molecular flexibility index (Phi) is 11.3. The van der Waals surface area contributed by atoms with Gasteiger partial charge in [0.1, 0.15) is 18.1 Å². The van der Waals surface area contributed by atoms with Crippen LogP contribution in [0.2, 0.25) is 0 Å². The molecule has 1 heterocycles. The molecule has 0 radical (unpaired) electrons. The SMILES string of the molecule is CC(C)CC(NC(=O)C(N)Cc1ccccc1)C(=O)NC(Cc1cnc[nH]1)C(=O)NC(C(=O)O)C(C)C. The van der Waals surface area contributed by atoms with Gasteiger partial charge in [-0.3, -0.25) is 14.4 Å². The van der Waals surface area contributed by atoms with Crippen LogP contribution in [0.3, 0.4) is 0 Å². The predicted molar refractivity (Wildman–Crippen MR) is 138 cm³/mol. The molecule has 0 saturated carbocycles. The van der Waals surface area contributed by atoms with Gasteiger partial charge in [0.2, 0.25) is 17.7 Å². The first-order chi connectivity index (χ1) is 17.5. The van der Waals surface area contributed by atoms with Gasteiger partial charge in [0.15, 0.2) is 0 Å². The molecule has 3 amide bonds. The third-order valence-corrected chi connectivity index (χ3v) is 5.82. The predicted octanol–water partition coefficient (Wildman–Crippen LogP) is 0.763. The first-order valence-electron chi connectivity index (χ1n) is 12.4. The highest BCUT2D eigenvalue weighted by Crippen LogP contribution is 2.09. The summed E-state index contributed by atoms with van der Waals surface area (Å²) in [6, 6.07) is 5.28.